The van der Waals surface area contributed by atoms with Crippen molar-refractivity contribution in [3.63, 3.8) is 0 Å². The van der Waals surface area contributed by atoms with Crippen molar-refractivity contribution in [3.8, 4) is 5.75 Å². The highest BCUT2D eigenvalue weighted by molar-refractivity contribution is 6.04. The van der Waals surface area contributed by atoms with Crippen LogP contribution in [0.2, 0.25) is 0 Å². The summed E-state index contributed by atoms with van der Waals surface area (Å²) in [6.45, 7) is 2.90. The predicted molar refractivity (Wildman–Crippen MR) is 88.2 cm³/mol. The molecule has 0 spiro atoms. The van der Waals surface area contributed by atoms with E-state index in [4.69, 9.17) is 9.47 Å². The molecule has 0 atom stereocenters. The van der Waals surface area contributed by atoms with Gasteiger partial charge in [0.15, 0.2) is 0 Å². The molecule has 1 N–H and O–H groups in total. The van der Waals surface area contributed by atoms with Crippen molar-refractivity contribution in [2.24, 2.45) is 0 Å². The molecule has 6 heteroatoms. The number of methoxy groups -OCH3 is 1. The number of anilines is 2. The number of nitrogens with one attached hydrogen (secondary N) is 1. The fourth-order valence-corrected chi connectivity index (χ4v) is 2.49. The van der Waals surface area contributed by atoms with E-state index in [2.05, 4.69) is 15.2 Å². The summed E-state index contributed by atoms with van der Waals surface area (Å²) in [4.78, 5) is 18.6. The number of pyridine rings is 1. The fraction of sp³-hybridized carbons (Fsp3) is 0.294. The van der Waals surface area contributed by atoms with Crippen LogP contribution in [0.5, 0.6) is 5.75 Å². The molecule has 120 valence electrons. The highest BCUT2D eigenvalue weighted by Gasteiger charge is 2.18. The Hall–Kier alpha value is -2.60. The summed E-state index contributed by atoms with van der Waals surface area (Å²) in [5.41, 5.74) is 2.05. The van der Waals surface area contributed by atoms with Crippen LogP contribution in [0, 0.1) is 0 Å². The molecule has 0 bridgehead atoms. The summed E-state index contributed by atoms with van der Waals surface area (Å²) in [5.74, 6) is 0.521. The van der Waals surface area contributed by atoms with Gasteiger partial charge in [0.2, 0.25) is 0 Å². The van der Waals surface area contributed by atoms with Gasteiger partial charge in [-0.2, -0.15) is 0 Å². The van der Waals surface area contributed by atoms with Crippen LogP contribution in [-0.2, 0) is 4.74 Å². The van der Waals surface area contributed by atoms with Gasteiger partial charge >= 0.3 is 0 Å². The van der Waals surface area contributed by atoms with E-state index in [0.717, 1.165) is 30.2 Å². The van der Waals surface area contributed by atoms with Crippen molar-refractivity contribution in [1.29, 1.82) is 0 Å². The average molecular weight is 313 g/mol. The Kier molecular flexibility index (Phi) is 4.73. The summed E-state index contributed by atoms with van der Waals surface area (Å²) < 4.78 is 10.7. The van der Waals surface area contributed by atoms with Crippen molar-refractivity contribution in [2.45, 2.75) is 0 Å². The van der Waals surface area contributed by atoms with Gasteiger partial charge in [-0.15, -0.1) is 0 Å². The van der Waals surface area contributed by atoms with Crippen LogP contribution < -0.4 is 15.0 Å². The lowest BCUT2D eigenvalue weighted by Crippen LogP contribution is -2.36. The van der Waals surface area contributed by atoms with E-state index < -0.39 is 0 Å². The third-order valence-corrected chi connectivity index (χ3v) is 3.70. The van der Waals surface area contributed by atoms with Crippen LogP contribution in [0.15, 0.2) is 42.6 Å². The van der Waals surface area contributed by atoms with Gasteiger partial charge in [-0.05, 0) is 24.3 Å². The van der Waals surface area contributed by atoms with Gasteiger partial charge in [0.05, 0.1) is 31.7 Å². The molecule has 0 saturated carbocycles. The van der Waals surface area contributed by atoms with E-state index in [1.807, 2.05) is 18.2 Å². The number of carbonyl (C=O) groups excluding carboxylic acids is 1. The Balaban J connectivity index is 1.87. The first-order valence-electron chi connectivity index (χ1n) is 7.51. The van der Waals surface area contributed by atoms with Crippen LogP contribution in [0.4, 0.5) is 11.4 Å². The van der Waals surface area contributed by atoms with Gasteiger partial charge in [0.25, 0.3) is 5.91 Å². The molecule has 0 radical (unpaired) electrons. The molecule has 1 aliphatic heterocycles. The van der Waals surface area contributed by atoms with Gasteiger partial charge in [-0.1, -0.05) is 6.07 Å². The molecule has 2 heterocycles. The quantitative estimate of drug-likeness (QED) is 0.937. The first-order valence-corrected chi connectivity index (χ1v) is 7.51. The van der Waals surface area contributed by atoms with Crippen LogP contribution in [0.3, 0.4) is 0 Å². The van der Waals surface area contributed by atoms with E-state index in [0.29, 0.717) is 18.9 Å². The Morgan fingerprint density at radius 3 is 2.78 bits per heavy atom. The minimum Gasteiger partial charge on any atom is -0.497 e. The molecular formula is C17H19N3O3. The summed E-state index contributed by atoms with van der Waals surface area (Å²) in [7, 11) is 1.63. The lowest BCUT2D eigenvalue weighted by molar-refractivity contribution is 0.102. The molecule has 6 nitrogen and oxygen atoms in total. The zero-order chi connectivity index (χ0) is 16.1. The van der Waals surface area contributed by atoms with Crippen molar-refractivity contribution < 1.29 is 14.3 Å². The molecule has 3 rings (SSSR count). The van der Waals surface area contributed by atoms with E-state index >= 15 is 0 Å². The molecule has 1 aliphatic rings. The molecular weight excluding hydrogens is 294 g/mol. The number of morpholine rings is 1. The Morgan fingerprint density at radius 2 is 2.09 bits per heavy atom. The molecule has 1 fully saturated rings. The van der Waals surface area contributed by atoms with Crippen LogP contribution >= 0.6 is 0 Å². The maximum absolute atomic E-state index is 12.4. The minimum absolute atomic E-state index is 0.231. The van der Waals surface area contributed by atoms with E-state index in [9.17, 15) is 4.79 Å². The normalized spacial score (nSPS) is 14.4. The van der Waals surface area contributed by atoms with Crippen molar-refractivity contribution in [2.75, 3.05) is 43.6 Å². The van der Waals surface area contributed by atoms with Crippen molar-refractivity contribution in [3.05, 3.63) is 48.3 Å². The van der Waals surface area contributed by atoms with Gasteiger partial charge < -0.3 is 19.7 Å². The minimum atomic E-state index is -0.231. The van der Waals surface area contributed by atoms with Gasteiger partial charge in [0.1, 0.15) is 11.4 Å². The number of rotatable bonds is 4. The number of aromatic nitrogens is 1. The monoisotopic (exact) mass is 313 g/mol. The summed E-state index contributed by atoms with van der Waals surface area (Å²) in [6.07, 6.45) is 1.60. The number of ether oxygens (including phenoxy) is 2. The Morgan fingerprint density at radius 1 is 1.26 bits per heavy atom. The molecule has 1 amide bonds. The highest BCUT2D eigenvalue weighted by Crippen LogP contribution is 2.31. The lowest BCUT2D eigenvalue weighted by atomic mass is 10.2. The molecule has 0 unspecified atom stereocenters. The maximum Gasteiger partial charge on any atom is 0.274 e. The lowest BCUT2D eigenvalue weighted by Gasteiger charge is -2.30. The standard InChI is InChI=1S/C17H19N3O3/c1-22-13-5-6-14(16(12-13)20-8-10-23-11-9-20)19-17(21)15-4-2-3-7-18-15/h2-7,12H,8-11H2,1H3,(H,19,21). The molecule has 2 aromatic rings. The predicted octanol–water partition coefficient (Wildman–Crippen LogP) is 2.18. The third kappa shape index (κ3) is 3.60. The zero-order valence-electron chi connectivity index (χ0n) is 13.0. The number of benzene rings is 1. The Labute approximate surface area is 135 Å². The second-order valence-corrected chi connectivity index (χ2v) is 5.15. The van der Waals surface area contributed by atoms with E-state index in [1.54, 1.807) is 31.5 Å². The number of hydrogen-bond acceptors (Lipinski definition) is 5. The summed E-state index contributed by atoms with van der Waals surface area (Å²) in [5, 5.41) is 2.94. The molecule has 23 heavy (non-hydrogen) atoms. The van der Waals surface area contributed by atoms with Crippen LogP contribution in [0.1, 0.15) is 10.5 Å². The molecule has 1 aromatic heterocycles. The molecule has 0 aliphatic carbocycles. The van der Waals surface area contributed by atoms with Gasteiger partial charge in [-0.25, -0.2) is 0 Å². The summed E-state index contributed by atoms with van der Waals surface area (Å²) >= 11 is 0. The average Bonchev–Trinajstić information content (AvgIpc) is 2.63. The second-order valence-electron chi connectivity index (χ2n) is 5.15. The van der Waals surface area contributed by atoms with E-state index in [1.165, 1.54) is 0 Å². The maximum atomic E-state index is 12.4. The smallest absolute Gasteiger partial charge is 0.274 e. The van der Waals surface area contributed by atoms with Crippen molar-refractivity contribution >= 4 is 17.3 Å². The fourth-order valence-electron chi connectivity index (χ4n) is 2.49. The number of carbonyl (C=O) groups is 1. The topological polar surface area (TPSA) is 63.7 Å². The largest absolute Gasteiger partial charge is 0.497 e. The number of amides is 1. The zero-order valence-corrected chi connectivity index (χ0v) is 13.0. The van der Waals surface area contributed by atoms with Crippen LogP contribution in [0.25, 0.3) is 0 Å². The SMILES string of the molecule is COc1ccc(NC(=O)c2ccccn2)c(N2CCOCC2)c1. The van der Waals surface area contributed by atoms with E-state index in [-0.39, 0.29) is 5.91 Å². The van der Waals surface area contributed by atoms with Gasteiger partial charge in [-0.3, -0.25) is 9.78 Å². The first kappa shape index (κ1) is 15.3. The Bertz CT molecular complexity index is 670. The van der Waals surface area contributed by atoms with Crippen LogP contribution in [-0.4, -0.2) is 44.3 Å². The first-order chi connectivity index (χ1) is 11.3. The number of hydrogen-bond donors (Lipinski definition) is 1. The van der Waals surface area contributed by atoms with Crippen molar-refractivity contribution in [1.82, 2.24) is 4.98 Å². The number of nitrogens with zero attached hydrogens (tertiary/aromatic N) is 2. The highest BCUT2D eigenvalue weighted by atomic mass is 16.5. The second kappa shape index (κ2) is 7.11. The van der Waals surface area contributed by atoms with Gasteiger partial charge in [0, 0.05) is 25.4 Å². The third-order valence-electron chi connectivity index (χ3n) is 3.70. The molecule has 1 saturated heterocycles. The molecule has 1 aromatic carbocycles. The summed E-state index contributed by atoms with van der Waals surface area (Å²) in [6, 6.07) is 10.9.